The molecule has 0 radical (unpaired) electrons. The van der Waals surface area contributed by atoms with Gasteiger partial charge in [0.15, 0.2) is 0 Å². The third-order valence-corrected chi connectivity index (χ3v) is 3.42. The summed E-state index contributed by atoms with van der Waals surface area (Å²) in [5, 5.41) is 0.0138. The Bertz CT molecular complexity index is 267. The van der Waals surface area contributed by atoms with Crippen molar-refractivity contribution < 1.29 is 4.79 Å². The Kier molecular flexibility index (Phi) is 2.40. The molecule has 4 heteroatoms. The van der Waals surface area contributed by atoms with E-state index in [9.17, 15) is 4.79 Å². The molecule has 0 saturated heterocycles. The zero-order valence-corrected chi connectivity index (χ0v) is 8.33. The third kappa shape index (κ3) is 1.63. The summed E-state index contributed by atoms with van der Waals surface area (Å²) in [7, 11) is 0. The van der Waals surface area contributed by atoms with Gasteiger partial charge < -0.3 is 4.90 Å². The largest absolute Gasteiger partial charge is 0.334 e. The van der Waals surface area contributed by atoms with Crippen LogP contribution in [-0.4, -0.2) is 35.4 Å². The highest BCUT2D eigenvalue weighted by Crippen LogP contribution is 2.28. The van der Waals surface area contributed by atoms with Gasteiger partial charge in [0.2, 0.25) is 5.91 Å². The molecule has 0 aromatic rings. The van der Waals surface area contributed by atoms with Crippen LogP contribution >= 0.6 is 11.9 Å². The Morgan fingerprint density at radius 2 is 2.23 bits per heavy atom. The molecule has 2 atom stereocenters. The number of amides is 1. The van der Waals surface area contributed by atoms with E-state index in [0.717, 1.165) is 13.1 Å². The van der Waals surface area contributed by atoms with Gasteiger partial charge in [0.05, 0.1) is 0 Å². The van der Waals surface area contributed by atoms with Gasteiger partial charge in [0.25, 0.3) is 0 Å². The van der Waals surface area contributed by atoms with E-state index in [2.05, 4.69) is 4.40 Å². The second kappa shape index (κ2) is 3.54. The number of nitrogens with zero attached hydrogens (tertiary/aromatic N) is 2. The molecule has 0 saturated carbocycles. The summed E-state index contributed by atoms with van der Waals surface area (Å²) in [6.07, 6.45) is 5.92. The fourth-order valence-corrected chi connectivity index (χ4v) is 2.37. The molecular weight excluding hydrogens is 184 g/mol. The van der Waals surface area contributed by atoms with Gasteiger partial charge >= 0.3 is 0 Å². The summed E-state index contributed by atoms with van der Waals surface area (Å²) >= 11 is 1.40. The normalized spacial score (nSPS) is 31.6. The van der Waals surface area contributed by atoms with E-state index in [-0.39, 0.29) is 17.1 Å². The van der Waals surface area contributed by atoms with E-state index in [1.807, 2.05) is 30.2 Å². The lowest BCUT2D eigenvalue weighted by molar-refractivity contribution is -0.129. The quantitative estimate of drug-likeness (QED) is 0.465. The Morgan fingerprint density at radius 1 is 1.54 bits per heavy atom. The lowest BCUT2D eigenvalue weighted by Crippen LogP contribution is -2.37. The summed E-state index contributed by atoms with van der Waals surface area (Å²) in [4.78, 5) is 13.7. The van der Waals surface area contributed by atoms with Crippen molar-refractivity contribution in [3.8, 4) is 0 Å². The number of hydrogen-bond acceptors (Lipinski definition) is 3. The SMILES string of the molecule is CC1C=NSC1C(=O)N1CC=CC1. The van der Waals surface area contributed by atoms with E-state index in [1.54, 1.807) is 0 Å². The predicted octanol–water partition coefficient (Wildman–Crippen LogP) is 1.12. The molecule has 0 N–H and O–H groups in total. The van der Waals surface area contributed by atoms with Gasteiger partial charge in [-0.05, 0) is 11.9 Å². The fraction of sp³-hybridized carbons (Fsp3) is 0.556. The van der Waals surface area contributed by atoms with Gasteiger partial charge in [0, 0.05) is 25.2 Å². The van der Waals surface area contributed by atoms with Crippen molar-refractivity contribution in [2.24, 2.45) is 10.3 Å². The first-order chi connectivity index (χ1) is 6.29. The monoisotopic (exact) mass is 196 g/mol. The van der Waals surface area contributed by atoms with Crippen LogP contribution in [0.3, 0.4) is 0 Å². The van der Waals surface area contributed by atoms with Crippen LogP contribution in [-0.2, 0) is 4.79 Å². The Hall–Kier alpha value is -0.770. The van der Waals surface area contributed by atoms with Crippen LogP contribution in [0.5, 0.6) is 0 Å². The Morgan fingerprint density at radius 3 is 2.77 bits per heavy atom. The van der Waals surface area contributed by atoms with Crippen LogP contribution in [0.2, 0.25) is 0 Å². The minimum atomic E-state index is 0.0138. The lowest BCUT2D eigenvalue weighted by atomic mass is 10.1. The molecule has 0 bridgehead atoms. The van der Waals surface area contributed by atoms with Gasteiger partial charge in [0.1, 0.15) is 5.25 Å². The molecule has 1 amide bonds. The molecule has 0 aromatic heterocycles. The van der Waals surface area contributed by atoms with E-state index in [1.165, 1.54) is 11.9 Å². The molecule has 2 rings (SSSR count). The van der Waals surface area contributed by atoms with Crippen molar-refractivity contribution >= 4 is 24.1 Å². The van der Waals surface area contributed by atoms with Crippen LogP contribution in [0, 0.1) is 5.92 Å². The predicted molar refractivity (Wildman–Crippen MR) is 54.8 cm³/mol. The summed E-state index contributed by atoms with van der Waals surface area (Å²) in [5.74, 6) is 0.498. The third-order valence-electron chi connectivity index (χ3n) is 2.32. The van der Waals surface area contributed by atoms with Gasteiger partial charge in [-0.2, -0.15) is 0 Å². The first-order valence-corrected chi connectivity index (χ1v) is 5.26. The van der Waals surface area contributed by atoms with Gasteiger partial charge in [-0.25, -0.2) is 4.40 Å². The zero-order chi connectivity index (χ0) is 9.26. The van der Waals surface area contributed by atoms with Crippen molar-refractivity contribution in [2.75, 3.05) is 13.1 Å². The maximum atomic E-state index is 11.8. The molecule has 2 heterocycles. The standard InChI is InChI=1S/C9H12N2OS/c1-7-6-10-13-8(7)9(12)11-4-2-3-5-11/h2-3,6-8H,4-5H2,1H3. The minimum absolute atomic E-state index is 0.0138. The highest BCUT2D eigenvalue weighted by atomic mass is 32.2. The number of carbonyl (C=O) groups excluding carboxylic acids is 1. The van der Waals surface area contributed by atoms with Crippen molar-refractivity contribution in [3.05, 3.63) is 12.2 Å². The molecular formula is C9H12N2OS. The Balaban J connectivity index is 1.97. The zero-order valence-electron chi connectivity index (χ0n) is 7.51. The van der Waals surface area contributed by atoms with E-state index < -0.39 is 0 Å². The summed E-state index contributed by atoms with van der Waals surface area (Å²) in [6, 6.07) is 0. The molecule has 70 valence electrons. The molecule has 13 heavy (non-hydrogen) atoms. The summed E-state index contributed by atoms with van der Waals surface area (Å²) < 4.78 is 4.06. The minimum Gasteiger partial charge on any atom is -0.334 e. The van der Waals surface area contributed by atoms with Gasteiger partial charge in [-0.3, -0.25) is 4.79 Å². The highest BCUT2D eigenvalue weighted by Gasteiger charge is 2.32. The second-order valence-corrected chi connectivity index (χ2v) is 4.28. The molecule has 0 aromatic carbocycles. The van der Waals surface area contributed by atoms with Crippen LogP contribution in [0.1, 0.15) is 6.92 Å². The summed E-state index contributed by atoms with van der Waals surface area (Å²) in [5.41, 5.74) is 0. The fourth-order valence-electron chi connectivity index (χ4n) is 1.48. The van der Waals surface area contributed by atoms with Crippen LogP contribution in [0.4, 0.5) is 0 Å². The summed E-state index contributed by atoms with van der Waals surface area (Å²) in [6.45, 7) is 3.57. The number of carbonyl (C=O) groups is 1. The van der Waals surface area contributed by atoms with Crippen molar-refractivity contribution in [1.29, 1.82) is 0 Å². The number of hydrogen-bond donors (Lipinski definition) is 0. The molecule has 2 unspecified atom stereocenters. The molecule has 0 fully saturated rings. The smallest absolute Gasteiger partial charge is 0.238 e. The first-order valence-electron chi connectivity index (χ1n) is 4.42. The molecule has 3 nitrogen and oxygen atoms in total. The van der Waals surface area contributed by atoms with Gasteiger partial charge in [-0.1, -0.05) is 19.1 Å². The van der Waals surface area contributed by atoms with E-state index in [4.69, 9.17) is 0 Å². The topological polar surface area (TPSA) is 32.7 Å². The van der Waals surface area contributed by atoms with E-state index in [0.29, 0.717) is 0 Å². The number of rotatable bonds is 1. The van der Waals surface area contributed by atoms with Crippen LogP contribution < -0.4 is 0 Å². The maximum absolute atomic E-state index is 11.8. The average molecular weight is 196 g/mol. The highest BCUT2D eigenvalue weighted by molar-refractivity contribution is 7.99. The molecule has 2 aliphatic rings. The van der Waals surface area contributed by atoms with Crippen molar-refractivity contribution in [2.45, 2.75) is 12.2 Å². The van der Waals surface area contributed by atoms with Crippen LogP contribution in [0.25, 0.3) is 0 Å². The lowest BCUT2D eigenvalue weighted by Gasteiger charge is -2.20. The van der Waals surface area contributed by atoms with Crippen molar-refractivity contribution in [1.82, 2.24) is 4.90 Å². The Labute approximate surface area is 82.0 Å². The first kappa shape index (κ1) is 8.81. The molecule has 0 aliphatic carbocycles. The van der Waals surface area contributed by atoms with Crippen molar-refractivity contribution in [3.63, 3.8) is 0 Å². The second-order valence-electron chi connectivity index (χ2n) is 3.35. The average Bonchev–Trinajstić information content (AvgIpc) is 2.72. The molecule has 0 spiro atoms. The maximum Gasteiger partial charge on any atom is 0.238 e. The van der Waals surface area contributed by atoms with E-state index >= 15 is 0 Å². The van der Waals surface area contributed by atoms with Gasteiger partial charge in [-0.15, -0.1) is 0 Å². The van der Waals surface area contributed by atoms with Crippen LogP contribution in [0.15, 0.2) is 16.5 Å². The molecule has 2 aliphatic heterocycles.